The van der Waals surface area contributed by atoms with Crippen LogP contribution >= 0.6 is 23.1 Å². The number of carbonyl (C=O) groups excluding carboxylic acids is 1. The van der Waals surface area contributed by atoms with Gasteiger partial charge in [-0.2, -0.15) is 0 Å². The summed E-state index contributed by atoms with van der Waals surface area (Å²) in [4.78, 5) is 21.2. The molecule has 6 nitrogen and oxygen atoms in total. The number of anilines is 1. The first-order chi connectivity index (χ1) is 14.1. The zero-order valence-corrected chi connectivity index (χ0v) is 17.6. The van der Waals surface area contributed by atoms with E-state index in [4.69, 9.17) is 0 Å². The number of hydrogen-bond acceptors (Lipinski definition) is 6. The van der Waals surface area contributed by atoms with E-state index in [2.05, 4.69) is 25.5 Å². The maximum Gasteiger partial charge on any atom is 0.236 e. The van der Waals surface area contributed by atoms with Crippen LogP contribution in [0.25, 0.3) is 22.6 Å². The lowest BCUT2D eigenvalue weighted by atomic mass is 10.1. The Morgan fingerprint density at radius 3 is 2.69 bits per heavy atom. The summed E-state index contributed by atoms with van der Waals surface area (Å²) in [5.41, 5.74) is 5.22. The average Bonchev–Trinajstić information content (AvgIpc) is 3.37. The number of nitrogens with zero attached hydrogens (tertiary/aromatic N) is 3. The van der Waals surface area contributed by atoms with Crippen molar-refractivity contribution >= 4 is 34.1 Å². The number of aromatic amines is 1. The summed E-state index contributed by atoms with van der Waals surface area (Å²) in [6.07, 6.45) is 0. The van der Waals surface area contributed by atoms with Crippen LogP contribution in [-0.4, -0.2) is 31.8 Å². The van der Waals surface area contributed by atoms with E-state index in [-0.39, 0.29) is 11.7 Å². The van der Waals surface area contributed by atoms with Gasteiger partial charge in [-0.15, -0.1) is 16.4 Å². The minimum atomic E-state index is -0.137. The molecular weight excluding hydrogens is 402 g/mol. The first-order valence-electron chi connectivity index (χ1n) is 9.01. The van der Waals surface area contributed by atoms with Gasteiger partial charge in [0.1, 0.15) is 0 Å². The monoisotopic (exact) mass is 421 g/mol. The molecule has 0 aliphatic carbocycles. The Hall–Kier alpha value is -2.97. The number of nitrogens with one attached hydrogen (secondary N) is 2. The fourth-order valence-electron chi connectivity index (χ4n) is 2.71. The number of thiazole rings is 1. The molecule has 2 heterocycles. The SMILES string of the molecule is Cc1ccc(-c2csc(NC(=O)CSc3n[nH]c(-c4cccc(C)c4)n3)n2)cc1. The van der Waals surface area contributed by atoms with Crippen molar-refractivity contribution in [3.8, 4) is 22.6 Å². The molecule has 0 spiro atoms. The fraction of sp³-hybridized carbons (Fsp3) is 0.143. The first kappa shape index (κ1) is 19.4. The fourth-order valence-corrected chi connectivity index (χ4v) is 4.04. The number of aromatic nitrogens is 4. The number of rotatable bonds is 6. The van der Waals surface area contributed by atoms with Crippen LogP contribution in [0.4, 0.5) is 5.13 Å². The van der Waals surface area contributed by atoms with Gasteiger partial charge >= 0.3 is 0 Å². The molecule has 0 saturated heterocycles. The number of aryl methyl sites for hydroxylation is 2. The van der Waals surface area contributed by atoms with Crippen molar-refractivity contribution in [1.29, 1.82) is 0 Å². The molecular formula is C21H19N5OS2. The smallest absolute Gasteiger partial charge is 0.236 e. The third-order valence-corrected chi connectivity index (χ3v) is 5.79. The maximum absolute atomic E-state index is 12.3. The predicted octanol–water partition coefficient (Wildman–Crippen LogP) is 4.94. The van der Waals surface area contributed by atoms with E-state index in [0.29, 0.717) is 16.1 Å². The molecule has 0 saturated carbocycles. The van der Waals surface area contributed by atoms with Gasteiger partial charge in [0.05, 0.1) is 11.4 Å². The van der Waals surface area contributed by atoms with Gasteiger partial charge in [-0.1, -0.05) is 65.4 Å². The highest BCUT2D eigenvalue weighted by Gasteiger charge is 2.11. The Bertz CT molecular complexity index is 1130. The van der Waals surface area contributed by atoms with E-state index in [0.717, 1.165) is 22.4 Å². The van der Waals surface area contributed by atoms with Crippen molar-refractivity contribution < 1.29 is 4.79 Å². The molecule has 0 fully saturated rings. The summed E-state index contributed by atoms with van der Waals surface area (Å²) >= 11 is 2.70. The second-order valence-corrected chi connectivity index (χ2v) is 8.38. The van der Waals surface area contributed by atoms with E-state index >= 15 is 0 Å². The second-order valence-electron chi connectivity index (χ2n) is 6.58. The summed E-state index contributed by atoms with van der Waals surface area (Å²) in [6, 6.07) is 16.2. The Kier molecular flexibility index (Phi) is 5.73. The van der Waals surface area contributed by atoms with Crippen molar-refractivity contribution in [3.05, 3.63) is 65.0 Å². The van der Waals surface area contributed by atoms with Crippen molar-refractivity contribution in [2.75, 3.05) is 11.1 Å². The molecule has 0 aliphatic heterocycles. The largest absolute Gasteiger partial charge is 0.301 e. The molecule has 2 N–H and O–H groups in total. The number of amides is 1. The predicted molar refractivity (Wildman–Crippen MR) is 118 cm³/mol. The van der Waals surface area contributed by atoms with Crippen molar-refractivity contribution in [2.24, 2.45) is 0 Å². The molecule has 8 heteroatoms. The molecule has 0 unspecified atom stereocenters. The number of benzene rings is 2. The quantitative estimate of drug-likeness (QED) is 0.431. The van der Waals surface area contributed by atoms with Crippen LogP contribution in [0.1, 0.15) is 11.1 Å². The van der Waals surface area contributed by atoms with E-state index in [1.54, 1.807) is 0 Å². The Labute approximate surface area is 176 Å². The van der Waals surface area contributed by atoms with Gasteiger partial charge in [0, 0.05) is 16.5 Å². The summed E-state index contributed by atoms with van der Waals surface area (Å²) in [5, 5.41) is 13.0. The third-order valence-electron chi connectivity index (χ3n) is 4.19. The Morgan fingerprint density at radius 2 is 1.90 bits per heavy atom. The van der Waals surface area contributed by atoms with Gasteiger partial charge in [0.2, 0.25) is 11.1 Å². The lowest BCUT2D eigenvalue weighted by Crippen LogP contribution is -2.13. The maximum atomic E-state index is 12.3. The van der Waals surface area contributed by atoms with Gasteiger partial charge in [0.25, 0.3) is 0 Å². The van der Waals surface area contributed by atoms with Gasteiger partial charge in [-0.25, -0.2) is 9.97 Å². The van der Waals surface area contributed by atoms with E-state index in [9.17, 15) is 4.79 Å². The highest BCUT2D eigenvalue weighted by Crippen LogP contribution is 2.25. The van der Waals surface area contributed by atoms with Gasteiger partial charge in [-0.05, 0) is 19.9 Å². The molecule has 2 aromatic heterocycles. The highest BCUT2D eigenvalue weighted by molar-refractivity contribution is 7.99. The Balaban J connectivity index is 1.33. The molecule has 4 rings (SSSR count). The van der Waals surface area contributed by atoms with Crippen molar-refractivity contribution in [3.63, 3.8) is 0 Å². The lowest BCUT2D eigenvalue weighted by molar-refractivity contribution is -0.113. The topological polar surface area (TPSA) is 83.6 Å². The van der Waals surface area contributed by atoms with Crippen molar-refractivity contribution in [1.82, 2.24) is 20.2 Å². The summed E-state index contributed by atoms with van der Waals surface area (Å²) in [7, 11) is 0. The van der Waals surface area contributed by atoms with Crippen LogP contribution in [0.5, 0.6) is 0 Å². The van der Waals surface area contributed by atoms with Crippen molar-refractivity contribution in [2.45, 2.75) is 19.0 Å². The minimum Gasteiger partial charge on any atom is -0.301 e. The number of thioether (sulfide) groups is 1. The van der Waals surface area contributed by atoms with Crippen LogP contribution in [-0.2, 0) is 4.79 Å². The van der Waals surface area contributed by atoms with Gasteiger partial charge in [-0.3, -0.25) is 9.89 Å². The minimum absolute atomic E-state index is 0.137. The standard InChI is InChI=1S/C21H19N5OS2/c1-13-6-8-15(9-7-13)17-11-28-20(22-17)23-18(27)12-29-21-24-19(25-26-21)16-5-3-4-14(2)10-16/h3-11H,12H2,1-2H3,(H,22,23,27)(H,24,25,26). The number of carbonyl (C=O) groups is 1. The van der Waals surface area contributed by atoms with E-state index < -0.39 is 0 Å². The Morgan fingerprint density at radius 1 is 1.07 bits per heavy atom. The third kappa shape index (κ3) is 4.90. The lowest BCUT2D eigenvalue weighted by Gasteiger charge is -2.00. The molecule has 0 atom stereocenters. The molecule has 2 aromatic carbocycles. The zero-order valence-electron chi connectivity index (χ0n) is 16.0. The highest BCUT2D eigenvalue weighted by atomic mass is 32.2. The molecule has 0 aliphatic rings. The average molecular weight is 422 g/mol. The molecule has 146 valence electrons. The van der Waals surface area contributed by atoms with Crippen LogP contribution < -0.4 is 5.32 Å². The van der Waals surface area contributed by atoms with E-state index in [1.165, 1.54) is 28.7 Å². The van der Waals surface area contributed by atoms with Gasteiger partial charge in [0.15, 0.2) is 11.0 Å². The first-order valence-corrected chi connectivity index (χ1v) is 10.9. The van der Waals surface area contributed by atoms with Gasteiger partial charge < -0.3 is 5.32 Å². The van der Waals surface area contributed by atoms with Crippen LogP contribution in [0, 0.1) is 13.8 Å². The van der Waals surface area contributed by atoms with Crippen LogP contribution in [0.3, 0.4) is 0 Å². The summed E-state index contributed by atoms with van der Waals surface area (Å²) in [5.74, 6) is 0.769. The summed E-state index contributed by atoms with van der Waals surface area (Å²) < 4.78 is 0. The molecule has 0 radical (unpaired) electrons. The van der Waals surface area contributed by atoms with Crippen LogP contribution in [0.15, 0.2) is 59.1 Å². The molecule has 29 heavy (non-hydrogen) atoms. The van der Waals surface area contributed by atoms with E-state index in [1.807, 2.05) is 67.8 Å². The molecule has 4 aromatic rings. The van der Waals surface area contributed by atoms with Crippen LogP contribution in [0.2, 0.25) is 0 Å². The second kappa shape index (κ2) is 8.59. The summed E-state index contributed by atoms with van der Waals surface area (Å²) in [6.45, 7) is 4.08. The normalized spacial score (nSPS) is 10.8. The molecule has 1 amide bonds. The zero-order chi connectivity index (χ0) is 20.2. The number of H-pyrrole nitrogens is 1. The number of hydrogen-bond donors (Lipinski definition) is 2. The molecule has 0 bridgehead atoms.